The Morgan fingerprint density at radius 3 is 2.76 bits per heavy atom. The summed E-state index contributed by atoms with van der Waals surface area (Å²) in [6.07, 6.45) is 6.47. The first kappa shape index (κ1) is 15.4. The molecule has 0 radical (unpaired) electrons. The maximum absolute atomic E-state index is 8.95. The lowest BCUT2D eigenvalue weighted by atomic mass is 10.1. The molecule has 1 aliphatic carbocycles. The Balaban J connectivity index is 1.54. The van der Waals surface area contributed by atoms with Gasteiger partial charge in [-0.15, -0.1) is 0 Å². The number of hydrogen-bond donors (Lipinski definition) is 1. The fourth-order valence-electron chi connectivity index (χ4n) is 3.01. The van der Waals surface area contributed by atoms with Crippen molar-refractivity contribution in [2.45, 2.75) is 25.3 Å². The first-order valence-corrected chi connectivity index (χ1v) is 8.46. The van der Waals surface area contributed by atoms with E-state index in [9.17, 15) is 0 Å². The highest BCUT2D eigenvalue weighted by atomic mass is 15.3. The molecular formula is C20H19N5. The van der Waals surface area contributed by atoms with Crippen molar-refractivity contribution in [3.8, 4) is 17.3 Å². The zero-order valence-corrected chi connectivity index (χ0v) is 14.1. The van der Waals surface area contributed by atoms with E-state index in [0.717, 1.165) is 28.6 Å². The molecule has 4 rings (SSSR count). The Labute approximate surface area is 146 Å². The summed E-state index contributed by atoms with van der Waals surface area (Å²) in [6.45, 7) is 0.657. The summed E-state index contributed by atoms with van der Waals surface area (Å²) >= 11 is 0. The van der Waals surface area contributed by atoms with Crippen molar-refractivity contribution in [3.63, 3.8) is 0 Å². The van der Waals surface area contributed by atoms with Crippen molar-refractivity contribution in [1.29, 1.82) is 5.26 Å². The number of rotatable bonds is 5. The maximum Gasteiger partial charge on any atom is 0.126 e. The summed E-state index contributed by atoms with van der Waals surface area (Å²) in [6, 6.07) is 13.9. The normalized spacial score (nSPS) is 13.4. The number of nitrogens with zero attached hydrogens (tertiary/aromatic N) is 4. The number of nitriles is 1. The molecule has 0 unspecified atom stereocenters. The highest BCUT2D eigenvalue weighted by Gasteiger charge is 2.23. The fourth-order valence-corrected chi connectivity index (χ4v) is 3.01. The third kappa shape index (κ3) is 3.38. The van der Waals surface area contributed by atoms with Crippen LogP contribution in [0.2, 0.25) is 0 Å². The van der Waals surface area contributed by atoms with Crippen LogP contribution >= 0.6 is 0 Å². The quantitative estimate of drug-likeness (QED) is 0.772. The number of aromatic nitrogens is 3. The summed E-state index contributed by atoms with van der Waals surface area (Å²) in [5.41, 5.74) is 5.07. The van der Waals surface area contributed by atoms with Crippen LogP contribution in [0.1, 0.15) is 35.4 Å². The minimum absolute atomic E-state index is 0.653. The molecule has 1 N–H and O–H groups in total. The Morgan fingerprint density at radius 2 is 2.04 bits per heavy atom. The van der Waals surface area contributed by atoms with Gasteiger partial charge in [-0.2, -0.15) is 10.4 Å². The molecule has 1 aromatic carbocycles. The second-order valence-corrected chi connectivity index (χ2v) is 6.47. The molecule has 124 valence electrons. The zero-order valence-electron chi connectivity index (χ0n) is 14.1. The van der Waals surface area contributed by atoms with Crippen molar-refractivity contribution in [2.24, 2.45) is 7.05 Å². The summed E-state index contributed by atoms with van der Waals surface area (Å²) in [7, 11) is 1.92. The molecule has 1 fully saturated rings. The van der Waals surface area contributed by atoms with Crippen LogP contribution in [0.3, 0.4) is 0 Å². The monoisotopic (exact) mass is 329 g/mol. The van der Waals surface area contributed by atoms with Gasteiger partial charge in [-0.25, -0.2) is 4.98 Å². The second kappa shape index (κ2) is 6.40. The lowest BCUT2D eigenvalue weighted by molar-refractivity contribution is 0.770. The van der Waals surface area contributed by atoms with Gasteiger partial charge in [0.1, 0.15) is 5.82 Å². The van der Waals surface area contributed by atoms with Gasteiger partial charge in [-0.1, -0.05) is 12.1 Å². The van der Waals surface area contributed by atoms with Gasteiger partial charge in [-0.05, 0) is 48.6 Å². The number of pyridine rings is 1. The van der Waals surface area contributed by atoms with Gasteiger partial charge in [0.05, 0.1) is 17.3 Å². The molecule has 5 nitrogen and oxygen atoms in total. The summed E-state index contributed by atoms with van der Waals surface area (Å²) in [5, 5.41) is 16.9. The molecule has 0 atom stereocenters. The molecule has 2 heterocycles. The fraction of sp³-hybridized carbons (Fsp3) is 0.250. The molecule has 5 heteroatoms. The van der Waals surface area contributed by atoms with E-state index < -0.39 is 0 Å². The molecule has 2 aromatic heterocycles. The van der Waals surface area contributed by atoms with Crippen molar-refractivity contribution in [3.05, 3.63) is 65.5 Å². The van der Waals surface area contributed by atoms with Gasteiger partial charge in [-0.3, -0.25) is 4.68 Å². The Hall–Kier alpha value is -3.13. The van der Waals surface area contributed by atoms with Gasteiger partial charge < -0.3 is 5.32 Å². The van der Waals surface area contributed by atoms with Gasteiger partial charge in [0.25, 0.3) is 0 Å². The van der Waals surface area contributed by atoms with E-state index in [4.69, 9.17) is 5.26 Å². The van der Waals surface area contributed by atoms with Crippen LogP contribution in [0.15, 0.2) is 48.8 Å². The maximum atomic E-state index is 8.95. The average Bonchev–Trinajstić information content (AvgIpc) is 3.43. The van der Waals surface area contributed by atoms with Crippen LogP contribution in [0.4, 0.5) is 5.82 Å². The SMILES string of the molecule is Cn1cc(CNc2cc(C3CC3)ccn2)c(-c2ccc(C#N)cc2)n1. The number of aryl methyl sites for hydroxylation is 1. The lowest BCUT2D eigenvalue weighted by Crippen LogP contribution is -2.02. The predicted octanol–water partition coefficient (Wildman–Crippen LogP) is 3.84. The molecule has 0 bridgehead atoms. The van der Waals surface area contributed by atoms with E-state index in [0.29, 0.717) is 12.1 Å². The molecular weight excluding hydrogens is 310 g/mol. The minimum atomic E-state index is 0.653. The summed E-state index contributed by atoms with van der Waals surface area (Å²) in [5.74, 6) is 1.62. The zero-order chi connectivity index (χ0) is 17.2. The average molecular weight is 329 g/mol. The van der Waals surface area contributed by atoms with Crippen molar-refractivity contribution >= 4 is 5.82 Å². The molecule has 0 spiro atoms. The van der Waals surface area contributed by atoms with Gasteiger partial charge in [0.15, 0.2) is 0 Å². The summed E-state index contributed by atoms with van der Waals surface area (Å²) in [4.78, 5) is 4.42. The molecule has 1 aliphatic rings. The minimum Gasteiger partial charge on any atom is -0.366 e. The van der Waals surface area contributed by atoms with Gasteiger partial charge in [0, 0.05) is 37.1 Å². The van der Waals surface area contributed by atoms with E-state index in [1.807, 2.05) is 48.4 Å². The Bertz CT molecular complexity index is 929. The number of benzene rings is 1. The van der Waals surface area contributed by atoms with Crippen molar-refractivity contribution in [1.82, 2.24) is 14.8 Å². The third-order valence-corrected chi connectivity index (χ3v) is 4.48. The highest BCUT2D eigenvalue weighted by molar-refractivity contribution is 5.64. The van der Waals surface area contributed by atoms with Gasteiger partial charge >= 0.3 is 0 Å². The number of anilines is 1. The standard InChI is InChI=1S/C20H19N5/c1-25-13-18(20(24-25)16-4-2-14(11-21)3-5-16)12-23-19-10-17(8-9-22-19)15-6-7-15/h2-5,8-10,13,15H,6-7,12H2,1H3,(H,22,23). The molecule has 0 saturated heterocycles. The molecule has 0 amide bonds. The Kier molecular flexibility index (Phi) is 3.95. The smallest absolute Gasteiger partial charge is 0.126 e. The van der Waals surface area contributed by atoms with E-state index >= 15 is 0 Å². The molecule has 3 aromatic rings. The number of nitrogens with one attached hydrogen (secondary N) is 1. The first-order valence-electron chi connectivity index (χ1n) is 8.46. The van der Waals surface area contributed by atoms with Crippen LogP contribution in [-0.4, -0.2) is 14.8 Å². The largest absolute Gasteiger partial charge is 0.366 e. The summed E-state index contributed by atoms with van der Waals surface area (Å²) < 4.78 is 1.82. The topological polar surface area (TPSA) is 66.5 Å². The molecule has 0 aliphatic heterocycles. The molecule has 25 heavy (non-hydrogen) atoms. The van der Waals surface area contributed by atoms with Crippen LogP contribution in [0.5, 0.6) is 0 Å². The predicted molar refractivity (Wildman–Crippen MR) is 96.9 cm³/mol. The van der Waals surface area contributed by atoms with Crippen LogP contribution in [0, 0.1) is 11.3 Å². The van der Waals surface area contributed by atoms with Gasteiger partial charge in [0.2, 0.25) is 0 Å². The van der Waals surface area contributed by atoms with E-state index in [2.05, 4.69) is 33.6 Å². The highest BCUT2D eigenvalue weighted by Crippen LogP contribution is 2.40. The molecule has 1 saturated carbocycles. The van der Waals surface area contributed by atoms with Crippen LogP contribution in [-0.2, 0) is 13.6 Å². The van der Waals surface area contributed by atoms with E-state index in [1.165, 1.54) is 18.4 Å². The van der Waals surface area contributed by atoms with E-state index in [-0.39, 0.29) is 0 Å². The van der Waals surface area contributed by atoms with Crippen molar-refractivity contribution in [2.75, 3.05) is 5.32 Å². The van der Waals surface area contributed by atoms with Crippen LogP contribution in [0.25, 0.3) is 11.3 Å². The Morgan fingerprint density at radius 1 is 1.24 bits per heavy atom. The number of hydrogen-bond acceptors (Lipinski definition) is 4. The lowest BCUT2D eigenvalue weighted by Gasteiger charge is -2.07. The van der Waals surface area contributed by atoms with E-state index in [1.54, 1.807) is 0 Å². The first-order chi connectivity index (χ1) is 12.2. The third-order valence-electron chi connectivity index (χ3n) is 4.48. The second-order valence-electron chi connectivity index (χ2n) is 6.47. The van der Waals surface area contributed by atoms with Crippen LogP contribution < -0.4 is 5.32 Å². The van der Waals surface area contributed by atoms with Crippen molar-refractivity contribution < 1.29 is 0 Å².